The summed E-state index contributed by atoms with van der Waals surface area (Å²) < 4.78 is 0. The van der Waals surface area contributed by atoms with Crippen molar-refractivity contribution < 1.29 is 9.59 Å². The molecule has 5 heteroatoms. The van der Waals surface area contributed by atoms with Gasteiger partial charge in [-0.05, 0) is 29.3 Å². The number of amides is 2. The number of nitrogens with one attached hydrogen (secondary N) is 2. The molecule has 2 amide bonds. The predicted molar refractivity (Wildman–Crippen MR) is 90.0 cm³/mol. The Bertz CT molecular complexity index is 729. The van der Waals surface area contributed by atoms with Crippen LogP contribution in [0, 0.1) is 0 Å². The van der Waals surface area contributed by atoms with Gasteiger partial charge in [0, 0.05) is 13.1 Å². The number of hydrogen-bond donors (Lipinski definition) is 2. The first-order valence-electron chi connectivity index (χ1n) is 7.89. The van der Waals surface area contributed by atoms with Gasteiger partial charge in [0.15, 0.2) is 0 Å². The molecule has 2 aromatic rings. The molecule has 0 unspecified atom stereocenters. The van der Waals surface area contributed by atoms with E-state index < -0.39 is 0 Å². The van der Waals surface area contributed by atoms with Gasteiger partial charge in [0.2, 0.25) is 11.8 Å². The Labute approximate surface area is 135 Å². The maximum Gasteiger partial charge on any atom is 0.234 e. The first kappa shape index (κ1) is 15.5. The van der Waals surface area contributed by atoms with Crippen molar-refractivity contribution in [2.75, 3.05) is 26.2 Å². The van der Waals surface area contributed by atoms with E-state index in [9.17, 15) is 9.59 Å². The lowest BCUT2D eigenvalue weighted by atomic mass is 10.0. The normalized spacial score (nSPS) is 16.8. The standard InChI is InChI=1S/C18H21N3O2/c1-13(15-7-6-14-4-2-3-5-16(14)10-15)20-18(23)12-21-9-8-19-17(22)11-21/h2-7,10,13H,8-9,11-12H2,1H3,(H,19,22)(H,20,23)/t13-/m0/s1. The molecule has 1 aliphatic heterocycles. The average molecular weight is 311 g/mol. The number of benzene rings is 2. The van der Waals surface area contributed by atoms with Crippen molar-refractivity contribution in [3.63, 3.8) is 0 Å². The minimum Gasteiger partial charge on any atom is -0.354 e. The summed E-state index contributed by atoms with van der Waals surface area (Å²) in [4.78, 5) is 25.4. The molecule has 23 heavy (non-hydrogen) atoms. The summed E-state index contributed by atoms with van der Waals surface area (Å²) in [5.74, 6) is -0.0769. The van der Waals surface area contributed by atoms with Crippen molar-refractivity contribution in [2.24, 2.45) is 0 Å². The second-order valence-corrected chi connectivity index (χ2v) is 5.96. The van der Waals surface area contributed by atoms with E-state index in [1.165, 1.54) is 10.8 Å². The van der Waals surface area contributed by atoms with Crippen LogP contribution >= 0.6 is 0 Å². The fourth-order valence-corrected chi connectivity index (χ4v) is 2.88. The molecule has 2 N–H and O–H groups in total. The van der Waals surface area contributed by atoms with Crippen LogP contribution in [-0.2, 0) is 9.59 Å². The van der Waals surface area contributed by atoms with Crippen LogP contribution in [0.2, 0.25) is 0 Å². The van der Waals surface area contributed by atoms with Crippen LogP contribution in [0.5, 0.6) is 0 Å². The van der Waals surface area contributed by atoms with Crippen LogP contribution in [0.4, 0.5) is 0 Å². The number of fused-ring (bicyclic) bond motifs is 1. The third-order valence-electron chi connectivity index (χ3n) is 4.14. The summed E-state index contributed by atoms with van der Waals surface area (Å²) in [5, 5.41) is 8.12. The van der Waals surface area contributed by atoms with Crippen LogP contribution in [0.1, 0.15) is 18.5 Å². The van der Waals surface area contributed by atoms with Crippen molar-refractivity contribution in [1.29, 1.82) is 0 Å². The average Bonchev–Trinajstić information content (AvgIpc) is 2.54. The molecule has 1 aliphatic rings. The third kappa shape index (κ3) is 3.87. The quantitative estimate of drug-likeness (QED) is 0.898. The minimum absolute atomic E-state index is 0.0216. The third-order valence-corrected chi connectivity index (χ3v) is 4.14. The van der Waals surface area contributed by atoms with Crippen molar-refractivity contribution in [2.45, 2.75) is 13.0 Å². The first-order chi connectivity index (χ1) is 11.1. The van der Waals surface area contributed by atoms with E-state index in [-0.39, 0.29) is 30.9 Å². The van der Waals surface area contributed by atoms with Crippen LogP contribution < -0.4 is 10.6 Å². The number of nitrogens with zero attached hydrogens (tertiary/aromatic N) is 1. The van der Waals surface area contributed by atoms with E-state index in [2.05, 4.69) is 34.9 Å². The van der Waals surface area contributed by atoms with E-state index in [4.69, 9.17) is 0 Å². The molecule has 5 nitrogen and oxygen atoms in total. The van der Waals surface area contributed by atoms with Gasteiger partial charge in [-0.25, -0.2) is 0 Å². The monoisotopic (exact) mass is 311 g/mol. The highest BCUT2D eigenvalue weighted by Gasteiger charge is 2.19. The Morgan fingerprint density at radius 3 is 2.83 bits per heavy atom. The van der Waals surface area contributed by atoms with Crippen LogP contribution in [0.15, 0.2) is 42.5 Å². The second-order valence-electron chi connectivity index (χ2n) is 5.96. The highest BCUT2D eigenvalue weighted by atomic mass is 16.2. The lowest BCUT2D eigenvalue weighted by molar-refractivity contribution is -0.127. The van der Waals surface area contributed by atoms with Gasteiger partial charge in [-0.3, -0.25) is 14.5 Å². The Kier molecular flexibility index (Phi) is 4.57. The van der Waals surface area contributed by atoms with Crippen LogP contribution in [0.25, 0.3) is 10.8 Å². The molecule has 120 valence electrons. The zero-order valence-electron chi connectivity index (χ0n) is 13.2. The van der Waals surface area contributed by atoms with Crippen molar-refractivity contribution >= 4 is 22.6 Å². The summed E-state index contributed by atoms with van der Waals surface area (Å²) in [6.45, 7) is 3.84. The van der Waals surface area contributed by atoms with Crippen molar-refractivity contribution in [3.8, 4) is 0 Å². The van der Waals surface area contributed by atoms with Crippen molar-refractivity contribution in [3.05, 3.63) is 48.0 Å². The number of carbonyl (C=O) groups excluding carboxylic acids is 2. The molecule has 0 aromatic heterocycles. The fraction of sp³-hybridized carbons (Fsp3) is 0.333. The zero-order valence-corrected chi connectivity index (χ0v) is 13.2. The van der Waals surface area contributed by atoms with Gasteiger partial charge < -0.3 is 10.6 Å². The number of hydrogen-bond acceptors (Lipinski definition) is 3. The summed E-state index contributed by atoms with van der Waals surface area (Å²) in [6.07, 6.45) is 0. The highest BCUT2D eigenvalue weighted by molar-refractivity contribution is 5.84. The lowest BCUT2D eigenvalue weighted by Gasteiger charge is -2.26. The fourth-order valence-electron chi connectivity index (χ4n) is 2.88. The van der Waals surface area contributed by atoms with E-state index in [1.54, 1.807) is 0 Å². The van der Waals surface area contributed by atoms with Gasteiger partial charge in [0.1, 0.15) is 0 Å². The van der Waals surface area contributed by atoms with Gasteiger partial charge in [-0.2, -0.15) is 0 Å². The van der Waals surface area contributed by atoms with Crippen LogP contribution in [-0.4, -0.2) is 42.9 Å². The maximum absolute atomic E-state index is 12.2. The van der Waals surface area contributed by atoms with Gasteiger partial charge in [-0.15, -0.1) is 0 Å². The Balaban J connectivity index is 1.61. The van der Waals surface area contributed by atoms with E-state index in [1.807, 2.05) is 30.0 Å². The van der Waals surface area contributed by atoms with Gasteiger partial charge in [-0.1, -0.05) is 36.4 Å². The van der Waals surface area contributed by atoms with Gasteiger partial charge in [0.25, 0.3) is 0 Å². The Morgan fingerprint density at radius 2 is 2.04 bits per heavy atom. The number of piperazine rings is 1. The molecule has 0 radical (unpaired) electrons. The number of carbonyl (C=O) groups is 2. The van der Waals surface area contributed by atoms with E-state index >= 15 is 0 Å². The molecular weight excluding hydrogens is 290 g/mol. The van der Waals surface area contributed by atoms with E-state index in [0.717, 1.165) is 5.56 Å². The number of rotatable bonds is 4. The molecule has 2 aromatic carbocycles. The Hall–Kier alpha value is -2.40. The summed E-state index contributed by atoms with van der Waals surface area (Å²) in [6, 6.07) is 14.3. The topological polar surface area (TPSA) is 61.4 Å². The molecule has 0 bridgehead atoms. The largest absolute Gasteiger partial charge is 0.354 e. The van der Waals surface area contributed by atoms with Gasteiger partial charge >= 0.3 is 0 Å². The predicted octanol–water partition coefficient (Wildman–Crippen LogP) is 1.45. The molecule has 0 saturated carbocycles. The van der Waals surface area contributed by atoms with Crippen molar-refractivity contribution in [1.82, 2.24) is 15.5 Å². The zero-order chi connectivity index (χ0) is 16.2. The van der Waals surface area contributed by atoms with E-state index in [0.29, 0.717) is 13.1 Å². The van der Waals surface area contributed by atoms with Crippen LogP contribution in [0.3, 0.4) is 0 Å². The highest BCUT2D eigenvalue weighted by Crippen LogP contribution is 2.20. The molecule has 3 rings (SSSR count). The maximum atomic E-state index is 12.2. The molecule has 1 atom stereocenters. The summed E-state index contributed by atoms with van der Waals surface area (Å²) >= 11 is 0. The molecular formula is C18H21N3O2. The lowest BCUT2D eigenvalue weighted by Crippen LogP contribution is -2.50. The Morgan fingerprint density at radius 1 is 1.26 bits per heavy atom. The smallest absolute Gasteiger partial charge is 0.234 e. The minimum atomic E-state index is -0.0641. The molecule has 1 fully saturated rings. The molecule has 1 saturated heterocycles. The SMILES string of the molecule is C[C@H](NC(=O)CN1CCNC(=O)C1)c1ccc2ccccc2c1. The summed E-state index contributed by atoms with van der Waals surface area (Å²) in [5.41, 5.74) is 1.08. The first-order valence-corrected chi connectivity index (χ1v) is 7.89. The molecule has 0 spiro atoms. The molecule has 0 aliphatic carbocycles. The van der Waals surface area contributed by atoms with Gasteiger partial charge in [0.05, 0.1) is 19.1 Å². The second kappa shape index (κ2) is 6.79. The molecule has 1 heterocycles. The summed E-state index contributed by atoms with van der Waals surface area (Å²) in [7, 11) is 0.